The summed E-state index contributed by atoms with van der Waals surface area (Å²) < 4.78 is 29.7. The summed E-state index contributed by atoms with van der Waals surface area (Å²) in [5.74, 6) is 1.23. The highest BCUT2D eigenvalue weighted by molar-refractivity contribution is 7.10. The van der Waals surface area contributed by atoms with E-state index in [2.05, 4.69) is 62.5 Å². The molecule has 3 aliphatic rings. The van der Waals surface area contributed by atoms with Gasteiger partial charge in [-0.05, 0) is 149 Å². The number of hydrogen-bond acceptors (Lipinski definition) is 13. The third kappa shape index (κ3) is 14.1. The van der Waals surface area contributed by atoms with E-state index in [1.54, 1.807) is 18.4 Å². The van der Waals surface area contributed by atoms with Crippen molar-refractivity contribution in [3.63, 3.8) is 0 Å². The predicted octanol–water partition coefficient (Wildman–Crippen LogP) is 9.62. The molecule has 80 heavy (non-hydrogen) atoms. The SMILES string of the molecule is CN[C@@H](C)C(=O)N[C@H](C(=O)N1CCC[C@H]1c1nc(-c2ccc(OCCOCCOCCOc3ccc(-c4cc(C(=O)NCc5c(C)cc(C)[nH]c5=O)c(C)c(N(C)C5CCOCC5)c4)cc3)c3ccccc23)cs1)C1CCCCC1. The first-order valence-corrected chi connectivity index (χ1v) is 29.5. The Morgan fingerprint density at radius 1 is 0.825 bits per heavy atom. The van der Waals surface area contributed by atoms with Crippen molar-refractivity contribution in [3.8, 4) is 33.9 Å². The Balaban J connectivity index is 0.735. The molecule has 4 heterocycles. The largest absolute Gasteiger partial charge is 0.491 e. The molecule has 1 aliphatic carbocycles. The molecule has 426 valence electrons. The lowest BCUT2D eigenvalue weighted by molar-refractivity contribution is -0.139. The van der Waals surface area contributed by atoms with Gasteiger partial charge < -0.3 is 54.4 Å². The van der Waals surface area contributed by atoms with E-state index in [-0.39, 0.29) is 53.9 Å². The summed E-state index contributed by atoms with van der Waals surface area (Å²) in [6.45, 7) is 12.0. The molecule has 9 rings (SSSR count). The number of fused-ring (bicyclic) bond motifs is 1. The van der Waals surface area contributed by atoms with Gasteiger partial charge in [-0.25, -0.2) is 4.98 Å². The number of benzene rings is 4. The number of aromatic nitrogens is 2. The van der Waals surface area contributed by atoms with Crippen LogP contribution in [0.3, 0.4) is 0 Å². The first-order chi connectivity index (χ1) is 38.9. The third-order valence-corrected chi connectivity index (χ3v) is 17.2. The lowest BCUT2D eigenvalue weighted by Gasteiger charge is -2.35. The van der Waals surface area contributed by atoms with E-state index in [0.717, 1.165) is 118 Å². The summed E-state index contributed by atoms with van der Waals surface area (Å²) in [6.07, 6.45) is 8.76. The highest BCUT2D eigenvalue weighted by atomic mass is 32.1. The van der Waals surface area contributed by atoms with Crippen LogP contribution in [0.5, 0.6) is 11.5 Å². The van der Waals surface area contributed by atoms with E-state index < -0.39 is 6.04 Å². The predicted molar refractivity (Wildman–Crippen MR) is 315 cm³/mol. The van der Waals surface area contributed by atoms with Gasteiger partial charge in [0.25, 0.3) is 11.5 Å². The minimum absolute atomic E-state index is 0.0115. The fourth-order valence-electron chi connectivity index (χ4n) is 11.5. The standard InChI is InChI=1S/C63H79N7O9S/c1-40-35-41(2)66-61(73)53(40)38-65-60(72)52-36-46(37-56(42(52)3)69(6)47-24-27-75-28-25-47)44-18-20-48(21-19-44)78-33-31-76-29-30-77-32-34-79-57-23-22-50(49-15-10-11-16-51(49)57)54-39-80-62(67-54)55-17-12-26-70(55)63(74)58(45-13-8-7-9-14-45)68-59(71)43(4)64-5/h10-11,15-16,18-23,35-37,39,43,45,47,55,58,64H,7-9,12-14,17,24-34,38H2,1-6H3,(H,65,72)(H,66,73)(H,68,71)/t43-,55-,58-/m0/s1. The number of rotatable bonds is 24. The Morgan fingerprint density at radius 2 is 1.54 bits per heavy atom. The van der Waals surface area contributed by atoms with E-state index >= 15 is 0 Å². The topological polar surface area (TPSA) is 186 Å². The molecule has 2 aromatic heterocycles. The minimum Gasteiger partial charge on any atom is -0.491 e. The average Bonchev–Trinajstić information content (AvgIpc) is 4.19. The van der Waals surface area contributed by atoms with E-state index in [1.807, 2.05) is 87.2 Å². The number of hydrogen-bond donors (Lipinski definition) is 4. The number of anilines is 1. The van der Waals surface area contributed by atoms with Crippen LogP contribution < -0.4 is 35.9 Å². The molecule has 2 saturated heterocycles. The summed E-state index contributed by atoms with van der Waals surface area (Å²) in [6, 6.07) is 25.3. The van der Waals surface area contributed by atoms with Gasteiger partial charge in [0.05, 0.1) is 44.2 Å². The summed E-state index contributed by atoms with van der Waals surface area (Å²) in [5.41, 5.74) is 8.08. The number of amides is 3. The second-order valence-electron chi connectivity index (χ2n) is 21.5. The Morgan fingerprint density at radius 3 is 2.26 bits per heavy atom. The van der Waals surface area contributed by atoms with Crippen molar-refractivity contribution in [2.45, 2.75) is 116 Å². The zero-order valence-electron chi connectivity index (χ0n) is 47.3. The number of carbonyl (C=O) groups is 3. The van der Waals surface area contributed by atoms with Gasteiger partial charge >= 0.3 is 0 Å². The van der Waals surface area contributed by atoms with Gasteiger partial charge in [0.1, 0.15) is 35.8 Å². The number of thiazole rings is 1. The summed E-state index contributed by atoms with van der Waals surface area (Å²) in [4.78, 5) is 66.4. The number of nitrogens with one attached hydrogen (secondary N) is 4. The molecule has 17 heteroatoms. The number of pyridine rings is 1. The van der Waals surface area contributed by atoms with Gasteiger partial charge in [0, 0.05) is 78.2 Å². The fraction of sp³-hybridized carbons (Fsp3) is 0.476. The van der Waals surface area contributed by atoms with Gasteiger partial charge in [-0.2, -0.15) is 0 Å². The van der Waals surface area contributed by atoms with Crippen molar-refractivity contribution in [1.82, 2.24) is 30.8 Å². The highest BCUT2D eigenvalue weighted by Crippen LogP contribution is 2.41. The molecule has 16 nitrogen and oxygen atoms in total. The van der Waals surface area contributed by atoms with Gasteiger partial charge in [-0.3, -0.25) is 19.2 Å². The van der Waals surface area contributed by atoms with Gasteiger partial charge in [-0.1, -0.05) is 55.7 Å². The minimum atomic E-state index is -0.535. The number of aryl methyl sites for hydroxylation is 2. The molecule has 3 atom stereocenters. The van der Waals surface area contributed by atoms with E-state index in [0.29, 0.717) is 76.3 Å². The second-order valence-corrected chi connectivity index (χ2v) is 22.4. The maximum atomic E-state index is 14.4. The lowest BCUT2D eigenvalue weighted by atomic mass is 9.83. The van der Waals surface area contributed by atoms with Gasteiger partial charge in [0.15, 0.2) is 0 Å². The number of likely N-dealkylation sites (tertiary alicyclic amines) is 1. The Hall–Kier alpha value is -6.63. The van der Waals surface area contributed by atoms with Crippen molar-refractivity contribution < 1.29 is 38.1 Å². The van der Waals surface area contributed by atoms with Crippen LogP contribution in [0.1, 0.15) is 109 Å². The maximum Gasteiger partial charge on any atom is 0.253 e. The number of likely N-dealkylation sites (N-methyl/N-ethyl adjacent to an activating group) is 1. The second kappa shape index (κ2) is 27.7. The average molecular weight is 1110 g/mol. The van der Waals surface area contributed by atoms with Gasteiger partial charge in [-0.15, -0.1) is 11.3 Å². The van der Waals surface area contributed by atoms with Crippen molar-refractivity contribution in [3.05, 3.63) is 128 Å². The molecule has 3 amide bonds. The van der Waals surface area contributed by atoms with Crippen LogP contribution in [-0.4, -0.2) is 124 Å². The Bertz CT molecular complexity index is 3130. The quantitative estimate of drug-likeness (QED) is 0.0422. The first-order valence-electron chi connectivity index (χ1n) is 28.6. The molecule has 0 spiro atoms. The van der Waals surface area contributed by atoms with Crippen molar-refractivity contribution in [2.75, 3.05) is 78.4 Å². The van der Waals surface area contributed by atoms with Crippen LogP contribution in [0, 0.1) is 26.7 Å². The maximum absolute atomic E-state index is 14.4. The summed E-state index contributed by atoms with van der Waals surface area (Å²) >= 11 is 1.59. The normalized spacial score (nSPS) is 16.8. The van der Waals surface area contributed by atoms with Crippen LogP contribution in [0.4, 0.5) is 5.69 Å². The molecule has 4 N–H and O–H groups in total. The number of nitrogens with zero attached hydrogens (tertiary/aromatic N) is 3. The Kier molecular flexibility index (Phi) is 20.1. The third-order valence-electron chi connectivity index (χ3n) is 16.2. The van der Waals surface area contributed by atoms with Crippen LogP contribution >= 0.6 is 11.3 Å². The summed E-state index contributed by atoms with van der Waals surface area (Å²) in [5, 5.41) is 14.2. The first kappa shape index (κ1) is 58.0. The number of ether oxygens (including phenoxy) is 5. The zero-order chi connectivity index (χ0) is 56.1. The van der Waals surface area contributed by atoms with Gasteiger partial charge in [0.2, 0.25) is 11.8 Å². The lowest BCUT2D eigenvalue weighted by Crippen LogP contribution is -2.55. The number of aromatic amines is 1. The van der Waals surface area contributed by atoms with Crippen LogP contribution in [0.15, 0.2) is 89.0 Å². The molecule has 0 radical (unpaired) electrons. The number of carbonyl (C=O) groups excluding carboxylic acids is 3. The smallest absolute Gasteiger partial charge is 0.253 e. The van der Waals surface area contributed by atoms with Crippen molar-refractivity contribution >= 4 is 45.5 Å². The van der Waals surface area contributed by atoms with E-state index in [4.69, 9.17) is 28.7 Å². The van der Waals surface area contributed by atoms with Crippen LogP contribution in [-0.2, 0) is 30.3 Å². The molecule has 3 fully saturated rings. The molecule has 0 bridgehead atoms. The summed E-state index contributed by atoms with van der Waals surface area (Å²) in [7, 11) is 3.85. The fourth-order valence-corrected chi connectivity index (χ4v) is 12.5. The molecule has 4 aromatic carbocycles. The van der Waals surface area contributed by atoms with Crippen LogP contribution in [0.2, 0.25) is 0 Å². The van der Waals surface area contributed by atoms with E-state index in [9.17, 15) is 19.2 Å². The zero-order valence-corrected chi connectivity index (χ0v) is 48.1. The monoisotopic (exact) mass is 1110 g/mol. The Labute approximate surface area is 474 Å². The van der Waals surface area contributed by atoms with Crippen molar-refractivity contribution in [1.29, 1.82) is 0 Å². The number of H-pyrrole nitrogens is 1. The molecular formula is C63H79N7O9S. The molecular weight excluding hydrogens is 1030 g/mol. The van der Waals surface area contributed by atoms with E-state index in [1.165, 1.54) is 6.42 Å². The molecule has 1 saturated carbocycles. The molecule has 0 unspecified atom stereocenters. The molecule has 2 aliphatic heterocycles. The van der Waals surface area contributed by atoms with Crippen molar-refractivity contribution in [2.24, 2.45) is 5.92 Å². The highest BCUT2D eigenvalue weighted by Gasteiger charge is 2.40. The molecule has 6 aromatic rings. The van der Waals surface area contributed by atoms with Crippen LogP contribution in [0.25, 0.3) is 33.2 Å².